The zero-order chi connectivity index (χ0) is 19.0. The monoisotopic (exact) mass is 373 g/mol. The van der Waals surface area contributed by atoms with E-state index >= 15 is 0 Å². The molecule has 27 heavy (non-hydrogen) atoms. The van der Waals surface area contributed by atoms with Gasteiger partial charge in [0.15, 0.2) is 11.4 Å². The van der Waals surface area contributed by atoms with Crippen molar-refractivity contribution < 1.29 is 18.0 Å². The molecule has 0 N–H and O–H groups in total. The summed E-state index contributed by atoms with van der Waals surface area (Å²) in [6.07, 6.45) is -3.19. The standard InChI is InChI=1S/C20H21F2N3O2/c1-20(21,22)26-16-6-3-14(4-7-16)15-5-8-18-17(13-15)19(23-27-18)25-11-9-24(2)10-12-25/h3-8,13H,9-12H2,1-2H3. The molecule has 0 atom stereocenters. The van der Waals surface area contributed by atoms with Crippen molar-refractivity contribution in [2.45, 2.75) is 13.0 Å². The molecule has 7 heteroatoms. The number of fused-ring (bicyclic) bond motifs is 1. The number of benzene rings is 2. The highest BCUT2D eigenvalue weighted by atomic mass is 19.3. The van der Waals surface area contributed by atoms with E-state index in [-0.39, 0.29) is 5.75 Å². The van der Waals surface area contributed by atoms with Gasteiger partial charge in [0.2, 0.25) is 0 Å². The maximum Gasteiger partial charge on any atom is 0.394 e. The number of hydrogen-bond acceptors (Lipinski definition) is 5. The molecule has 1 aliphatic rings. The fourth-order valence-corrected chi connectivity index (χ4v) is 3.27. The summed E-state index contributed by atoms with van der Waals surface area (Å²) in [5, 5.41) is 5.22. The molecule has 5 nitrogen and oxygen atoms in total. The summed E-state index contributed by atoms with van der Waals surface area (Å²) in [4.78, 5) is 4.52. The van der Waals surface area contributed by atoms with Gasteiger partial charge in [-0.3, -0.25) is 0 Å². The second-order valence-corrected chi connectivity index (χ2v) is 6.94. The van der Waals surface area contributed by atoms with Gasteiger partial charge in [0.05, 0.1) is 5.39 Å². The van der Waals surface area contributed by atoms with Gasteiger partial charge in [0.25, 0.3) is 0 Å². The minimum atomic E-state index is -3.19. The minimum Gasteiger partial charge on any atom is -0.433 e. The van der Waals surface area contributed by atoms with Crippen LogP contribution in [0.1, 0.15) is 6.92 Å². The number of piperazine rings is 1. The van der Waals surface area contributed by atoms with E-state index in [0.717, 1.165) is 61.0 Å². The number of alkyl halides is 2. The van der Waals surface area contributed by atoms with E-state index < -0.39 is 6.11 Å². The number of ether oxygens (including phenoxy) is 1. The summed E-state index contributed by atoms with van der Waals surface area (Å²) in [5.74, 6) is 0.987. The topological polar surface area (TPSA) is 41.7 Å². The molecule has 1 aromatic heterocycles. The number of hydrogen-bond donors (Lipinski definition) is 0. The molecule has 0 radical (unpaired) electrons. The van der Waals surface area contributed by atoms with Gasteiger partial charge in [-0.1, -0.05) is 23.4 Å². The van der Waals surface area contributed by atoms with Gasteiger partial charge in [0, 0.05) is 33.1 Å². The molecule has 0 spiro atoms. The molecular formula is C20H21F2N3O2. The fourth-order valence-electron chi connectivity index (χ4n) is 3.27. The molecule has 1 aliphatic heterocycles. The quantitative estimate of drug-likeness (QED) is 0.684. The fraction of sp³-hybridized carbons (Fsp3) is 0.350. The first-order chi connectivity index (χ1) is 12.9. The van der Waals surface area contributed by atoms with Crippen molar-refractivity contribution >= 4 is 16.8 Å². The van der Waals surface area contributed by atoms with E-state index in [1.165, 1.54) is 0 Å². The van der Waals surface area contributed by atoms with Crippen molar-refractivity contribution in [1.82, 2.24) is 10.1 Å². The highest BCUT2D eigenvalue weighted by Gasteiger charge is 2.23. The highest BCUT2D eigenvalue weighted by molar-refractivity contribution is 5.92. The normalized spacial score (nSPS) is 16.1. The summed E-state index contributed by atoms with van der Waals surface area (Å²) in [6.45, 7) is 4.50. The Kier molecular flexibility index (Phi) is 4.47. The first-order valence-corrected chi connectivity index (χ1v) is 8.89. The second kappa shape index (κ2) is 6.81. The Morgan fingerprint density at radius 2 is 1.67 bits per heavy atom. The molecule has 1 saturated heterocycles. The average molecular weight is 373 g/mol. The van der Waals surface area contributed by atoms with Crippen molar-refractivity contribution in [2.75, 3.05) is 38.1 Å². The van der Waals surface area contributed by atoms with E-state index in [9.17, 15) is 8.78 Å². The van der Waals surface area contributed by atoms with E-state index in [1.807, 2.05) is 18.2 Å². The summed E-state index contributed by atoms with van der Waals surface area (Å²) in [5.41, 5.74) is 2.61. The van der Waals surface area contributed by atoms with Crippen LogP contribution in [0.5, 0.6) is 5.75 Å². The number of nitrogens with zero attached hydrogens (tertiary/aromatic N) is 3. The summed E-state index contributed by atoms with van der Waals surface area (Å²) >= 11 is 0. The SMILES string of the molecule is CN1CCN(c2noc3ccc(-c4ccc(OC(C)(F)F)cc4)cc23)CC1. The number of halogens is 2. The molecule has 0 unspecified atom stereocenters. The third-order valence-corrected chi connectivity index (χ3v) is 4.74. The van der Waals surface area contributed by atoms with Gasteiger partial charge >= 0.3 is 6.11 Å². The van der Waals surface area contributed by atoms with Crippen LogP contribution in [-0.4, -0.2) is 49.4 Å². The Hall–Kier alpha value is -2.67. The van der Waals surface area contributed by atoms with Crippen LogP contribution in [0.15, 0.2) is 47.0 Å². The zero-order valence-corrected chi connectivity index (χ0v) is 15.3. The second-order valence-electron chi connectivity index (χ2n) is 6.94. The molecule has 1 fully saturated rings. The predicted octanol–water partition coefficient (Wildman–Crippen LogP) is 4.24. The smallest absolute Gasteiger partial charge is 0.394 e. The Labute approximate surface area is 156 Å². The maximum absolute atomic E-state index is 13.0. The van der Waals surface area contributed by atoms with Crippen LogP contribution in [-0.2, 0) is 0 Å². The molecule has 0 aliphatic carbocycles. The Morgan fingerprint density at radius 1 is 1.00 bits per heavy atom. The Balaban J connectivity index is 1.62. The average Bonchev–Trinajstić information content (AvgIpc) is 3.05. The van der Waals surface area contributed by atoms with Gasteiger partial charge < -0.3 is 19.1 Å². The summed E-state index contributed by atoms with van der Waals surface area (Å²) in [7, 11) is 2.11. The van der Waals surface area contributed by atoms with Crippen molar-refractivity contribution in [3.8, 4) is 16.9 Å². The van der Waals surface area contributed by atoms with E-state index in [2.05, 4.69) is 26.7 Å². The van der Waals surface area contributed by atoms with Crippen LogP contribution >= 0.6 is 0 Å². The van der Waals surface area contributed by atoms with Crippen LogP contribution in [0, 0.1) is 0 Å². The van der Waals surface area contributed by atoms with Crippen LogP contribution in [0.25, 0.3) is 22.1 Å². The van der Waals surface area contributed by atoms with Gasteiger partial charge in [-0.2, -0.15) is 8.78 Å². The van der Waals surface area contributed by atoms with Crippen LogP contribution in [0.2, 0.25) is 0 Å². The maximum atomic E-state index is 13.0. The van der Waals surface area contributed by atoms with E-state index in [0.29, 0.717) is 0 Å². The predicted molar refractivity (Wildman–Crippen MR) is 100 cm³/mol. The molecule has 2 heterocycles. The van der Waals surface area contributed by atoms with Gasteiger partial charge in [-0.15, -0.1) is 0 Å². The molecule has 3 aromatic rings. The number of likely N-dealkylation sites (N-methyl/N-ethyl adjacent to an activating group) is 1. The van der Waals surface area contributed by atoms with Crippen molar-refractivity contribution in [2.24, 2.45) is 0 Å². The van der Waals surface area contributed by atoms with Crippen molar-refractivity contribution in [1.29, 1.82) is 0 Å². The summed E-state index contributed by atoms with van der Waals surface area (Å²) < 4.78 is 36.0. The first kappa shape index (κ1) is 17.7. The van der Waals surface area contributed by atoms with Crippen molar-refractivity contribution in [3.63, 3.8) is 0 Å². The number of aromatic nitrogens is 1. The van der Waals surface area contributed by atoms with Crippen LogP contribution < -0.4 is 9.64 Å². The summed E-state index contributed by atoms with van der Waals surface area (Å²) in [6, 6.07) is 12.5. The lowest BCUT2D eigenvalue weighted by Gasteiger charge is -2.32. The minimum absolute atomic E-state index is 0.135. The van der Waals surface area contributed by atoms with Crippen LogP contribution in [0.4, 0.5) is 14.6 Å². The third-order valence-electron chi connectivity index (χ3n) is 4.74. The van der Waals surface area contributed by atoms with Crippen LogP contribution in [0.3, 0.4) is 0 Å². The lowest BCUT2D eigenvalue weighted by atomic mass is 10.0. The highest BCUT2D eigenvalue weighted by Crippen LogP contribution is 2.32. The zero-order valence-electron chi connectivity index (χ0n) is 15.3. The van der Waals surface area contributed by atoms with E-state index in [1.54, 1.807) is 24.3 Å². The lowest BCUT2D eigenvalue weighted by molar-refractivity contribution is -0.158. The number of rotatable bonds is 4. The first-order valence-electron chi connectivity index (χ1n) is 8.89. The number of anilines is 1. The Bertz CT molecular complexity index is 927. The van der Waals surface area contributed by atoms with Gasteiger partial charge in [-0.05, 0) is 42.4 Å². The molecule has 2 aromatic carbocycles. The molecule has 4 rings (SSSR count). The lowest BCUT2D eigenvalue weighted by Crippen LogP contribution is -2.44. The Morgan fingerprint density at radius 3 is 2.33 bits per heavy atom. The molecule has 0 bridgehead atoms. The molecule has 0 saturated carbocycles. The van der Waals surface area contributed by atoms with E-state index in [4.69, 9.17) is 4.52 Å². The van der Waals surface area contributed by atoms with Gasteiger partial charge in [-0.25, -0.2) is 0 Å². The van der Waals surface area contributed by atoms with Crippen molar-refractivity contribution in [3.05, 3.63) is 42.5 Å². The molecule has 0 amide bonds. The molecule has 142 valence electrons. The van der Waals surface area contributed by atoms with Gasteiger partial charge in [0.1, 0.15) is 5.75 Å². The largest absolute Gasteiger partial charge is 0.433 e. The third kappa shape index (κ3) is 3.88. The molecular weight excluding hydrogens is 352 g/mol.